The van der Waals surface area contributed by atoms with Gasteiger partial charge in [-0.25, -0.2) is 4.39 Å². The Hall–Kier alpha value is -0.900. The van der Waals surface area contributed by atoms with E-state index in [-0.39, 0.29) is 12.2 Å². The van der Waals surface area contributed by atoms with Gasteiger partial charge in [0.1, 0.15) is 5.82 Å². The summed E-state index contributed by atoms with van der Waals surface area (Å²) >= 11 is 3.22. The van der Waals surface area contributed by atoms with Crippen LogP contribution in [-0.4, -0.2) is 5.91 Å². The monoisotopic (exact) mass is 245 g/mol. The molecule has 1 amide bonds. The van der Waals surface area contributed by atoms with Crippen LogP contribution in [0.2, 0.25) is 0 Å². The van der Waals surface area contributed by atoms with E-state index in [9.17, 15) is 9.18 Å². The molecule has 0 fully saturated rings. The number of primary amides is 1. The van der Waals surface area contributed by atoms with Crippen LogP contribution in [0.4, 0.5) is 4.39 Å². The number of hydrogen-bond donors (Lipinski definition) is 1. The van der Waals surface area contributed by atoms with Gasteiger partial charge in [-0.1, -0.05) is 15.9 Å². The minimum atomic E-state index is -0.417. The fraction of sp³-hybridized carbons (Fsp3) is 0.222. The highest BCUT2D eigenvalue weighted by Crippen LogP contribution is 2.16. The van der Waals surface area contributed by atoms with Crippen LogP contribution >= 0.6 is 15.9 Å². The lowest BCUT2D eigenvalue weighted by atomic mass is 10.1. The Morgan fingerprint density at radius 1 is 1.54 bits per heavy atom. The molecule has 0 aromatic heterocycles. The topological polar surface area (TPSA) is 43.1 Å². The fourth-order valence-electron chi connectivity index (χ4n) is 0.993. The van der Waals surface area contributed by atoms with Crippen LogP contribution in [0.5, 0.6) is 0 Å². The van der Waals surface area contributed by atoms with Crippen molar-refractivity contribution in [3.05, 3.63) is 34.1 Å². The largest absolute Gasteiger partial charge is 0.370 e. The highest BCUT2D eigenvalue weighted by atomic mass is 79.9. The summed E-state index contributed by atoms with van der Waals surface area (Å²) in [6.07, 6.45) is 0.522. The van der Waals surface area contributed by atoms with Crippen molar-refractivity contribution in [1.29, 1.82) is 0 Å². The van der Waals surface area contributed by atoms with Gasteiger partial charge in [0.05, 0.1) is 0 Å². The number of rotatable bonds is 3. The number of benzene rings is 1. The Balaban J connectivity index is 2.75. The van der Waals surface area contributed by atoms with E-state index in [0.717, 1.165) is 4.47 Å². The molecule has 0 saturated carbocycles. The van der Waals surface area contributed by atoms with Gasteiger partial charge in [-0.2, -0.15) is 0 Å². The highest BCUT2D eigenvalue weighted by Gasteiger charge is 2.04. The second-order valence-corrected chi connectivity index (χ2v) is 3.62. The molecular weight excluding hydrogens is 237 g/mol. The summed E-state index contributed by atoms with van der Waals surface area (Å²) in [5, 5.41) is 0. The second kappa shape index (κ2) is 4.37. The fourth-order valence-corrected chi connectivity index (χ4v) is 1.40. The first-order valence-electron chi connectivity index (χ1n) is 3.82. The molecule has 0 radical (unpaired) electrons. The summed E-state index contributed by atoms with van der Waals surface area (Å²) in [5.74, 6) is -0.719. The van der Waals surface area contributed by atoms with Gasteiger partial charge in [0, 0.05) is 10.9 Å². The molecule has 13 heavy (non-hydrogen) atoms. The molecule has 0 atom stereocenters. The van der Waals surface area contributed by atoms with Gasteiger partial charge in [-0.3, -0.25) is 4.79 Å². The lowest BCUT2D eigenvalue weighted by Crippen LogP contribution is -2.11. The van der Waals surface area contributed by atoms with E-state index in [4.69, 9.17) is 5.73 Å². The van der Waals surface area contributed by atoms with Gasteiger partial charge >= 0.3 is 0 Å². The molecule has 0 spiro atoms. The van der Waals surface area contributed by atoms with Gasteiger partial charge in [0.15, 0.2) is 0 Å². The van der Waals surface area contributed by atoms with Gasteiger partial charge in [-0.15, -0.1) is 0 Å². The third-order valence-corrected chi connectivity index (χ3v) is 2.14. The van der Waals surface area contributed by atoms with Crippen molar-refractivity contribution >= 4 is 21.8 Å². The minimum absolute atomic E-state index is 0.174. The summed E-state index contributed by atoms with van der Waals surface area (Å²) in [6.45, 7) is 0. The second-order valence-electron chi connectivity index (χ2n) is 2.70. The smallest absolute Gasteiger partial charge is 0.217 e. The van der Waals surface area contributed by atoms with Crippen molar-refractivity contribution in [2.45, 2.75) is 12.8 Å². The number of halogens is 2. The van der Waals surface area contributed by atoms with Crippen LogP contribution in [0.1, 0.15) is 12.0 Å². The van der Waals surface area contributed by atoms with Crippen LogP contribution in [-0.2, 0) is 11.2 Å². The zero-order chi connectivity index (χ0) is 9.84. The molecule has 70 valence electrons. The average molecular weight is 246 g/mol. The third kappa shape index (κ3) is 3.14. The van der Waals surface area contributed by atoms with Gasteiger partial charge in [-0.05, 0) is 30.2 Å². The first kappa shape index (κ1) is 10.2. The van der Waals surface area contributed by atoms with E-state index >= 15 is 0 Å². The molecular formula is C9H9BrFNO. The van der Waals surface area contributed by atoms with Gasteiger partial charge < -0.3 is 5.73 Å². The molecule has 0 saturated heterocycles. The molecule has 1 aromatic carbocycles. The summed E-state index contributed by atoms with van der Waals surface area (Å²) in [7, 11) is 0. The van der Waals surface area contributed by atoms with Crippen LogP contribution in [0.15, 0.2) is 22.7 Å². The Labute approximate surface area is 84.1 Å². The summed E-state index contributed by atoms with van der Waals surface area (Å²) in [5.41, 5.74) is 5.46. The maximum Gasteiger partial charge on any atom is 0.217 e. The Kier molecular flexibility index (Phi) is 3.42. The van der Waals surface area contributed by atoms with E-state index in [0.29, 0.717) is 12.0 Å². The van der Waals surface area contributed by atoms with Crippen molar-refractivity contribution in [1.82, 2.24) is 0 Å². The lowest BCUT2D eigenvalue weighted by molar-refractivity contribution is -0.117. The molecule has 0 aliphatic carbocycles. The first-order chi connectivity index (χ1) is 6.09. The Morgan fingerprint density at radius 2 is 2.23 bits per heavy atom. The molecule has 0 bridgehead atoms. The van der Waals surface area contributed by atoms with Gasteiger partial charge in [0.2, 0.25) is 5.91 Å². The van der Waals surface area contributed by atoms with Gasteiger partial charge in [0.25, 0.3) is 0 Å². The predicted octanol–water partition coefficient (Wildman–Crippen LogP) is 2.01. The number of carbonyl (C=O) groups is 1. The van der Waals surface area contributed by atoms with E-state index < -0.39 is 5.91 Å². The zero-order valence-electron chi connectivity index (χ0n) is 6.89. The predicted molar refractivity (Wildman–Crippen MR) is 51.6 cm³/mol. The van der Waals surface area contributed by atoms with Crippen molar-refractivity contribution < 1.29 is 9.18 Å². The number of aryl methyl sites for hydroxylation is 1. The summed E-state index contributed by atoms with van der Waals surface area (Å²) < 4.78 is 13.8. The highest BCUT2D eigenvalue weighted by molar-refractivity contribution is 9.10. The quantitative estimate of drug-likeness (QED) is 0.870. The van der Waals surface area contributed by atoms with Crippen LogP contribution in [0, 0.1) is 5.82 Å². The summed E-state index contributed by atoms with van der Waals surface area (Å²) in [6, 6.07) is 4.63. The maximum absolute atomic E-state index is 13.0. The van der Waals surface area contributed by atoms with Crippen molar-refractivity contribution in [2.24, 2.45) is 5.73 Å². The van der Waals surface area contributed by atoms with E-state index in [1.54, 1.807) is 12.1 Å². The molecule has 0 aliphatic rings. The molecule has 1 rings (SSSR count). The number of carbonyl (C=O) groups excluding carboxylic acids is 1. The standard InChI is InChI=1S/C9H9BrFNO/c10-7-2-3-8(11)6(5-7)1-4-9(12)13/h2-3,5H,1,4H2,(H2,12,13). The molecule has 0 aliphatic heterocycles. The normalized spacial score (nSPS) is 10.0. The van der Waals surface area contributed by atoms with Crippen molar-refractivity contribution in [3.63, 3.8) is 0 Å². The molecule has 0 unspecified atom stereocenters. The maximum atomic E-state index is 13.0. The zero-order valence-corrected chi connectivity index (χ0v) is 8.47. The van der Waals surface area contributed by atoms with E-state index in [1.165, 1.54) is 6.07 Å². The average Bonchev–Trinajstić information content (AvgIpc) is 2.06. The summed E-state index contributed by atoms with van der Waals surface area (Å²) in [4.78, 5) is 10.5. The molecule has 4 heteroatoms. The first-order valence-corrected chi connectivity index (χ1v) is 4.61. The number of amides is 1. The van der Waals surface area contributed by atoms with Crippen LogP contribution in [0.25, 0.3) is 0 Å². The molecule has 2 nitrogen and oxygen atoms in total. The third-order valence-electron chi connectivity index (χ3n) is 1.65. The molecule has 2 N–H and O–H groups in total. The van der Waals surface area contributed by atoms with Crippen molar-refractivity contribution in [2.75, 3.05) is 0 Å². The Bertz CT molecular complexity index is 327. The number of nitrogens with two attached hydrogens (primary N) is 1. The van der Waals surface area contributed by atoms with Crippen LogP contribution < -0.4 is 5.73 Å². The molecule has 0 heterocycles. The lowest BCUT2D eigenvalue weighted by Gasteiger charge is -2.01. The number of hydrogen-bond acceptors (Lipinski definition) is 1. The van der Waals surface area contributed by atoms with Crippen LogP contribution in [0.3, 0.4) is 0 Å². The minimum Gasteiger partial charge on any atom is -0.370 e. The van der Waals surface area contributed by atoms with E-state index in [2.05, 4.69) is 15.9 Å². The van der Waals surface area contributed by atoms with Crippen molar-refractivity contribution in [3.8, 4) is 0 Å². The molecule has 1 aromatic rings. The SMILES string of the molecule is NC(=O)CCc1cc(Br)ccc1F. The van der Waals surface area contributed by atoms with E-state index in [1.807, 2.05) is 0 Å². The Morgan fingerprint density at radius 3 is 2.85 bits per heavy atom.